The summed E-state index contributed by atoms with van der Waals surface area (Å²) in [7, 11) is 0. The summed E-state index contributed by atoms with van der Waals surface area (Å²) in [6.07, 6.45) is 0.476. The van der Waals surface area contributed by atoms with Crippen molar-refractivity contribution in [2.24, 2.45) is 0 Å². The van der Waals surface area contributed by atoms with Crippen LogP contribution in [0.5, 0.6) is 0 Å². The molecule has 0 unspecified atom stereocenters. The number of benzene rings is 2. The van der Waals surface area contributed by atoms with Gasteiger partial charge in [0.05, 0.1) is 12.1 Å². The van der Waals surface area contributed by atoms with Gasteiger partial charge in [-0.15, -0.1) is 0 Å². The normalized spacial score (nSPS) is 13.9. The molecule has 1 heterocycles. The molecule has 17 heavy (non-hydrogen) atoms. The Balaban J connectivity index is 2.12. The third-order valence-corrected chi connectivity index (χ3v) is 3.38. The van der Waals surface area contributed by atoms with Crippen LogP contribution < -0.4 is 4.90 Å². The van der Waals surface area contributed by atoms with Crippen LogP contribution in [0, 0.1) is 0 Å². The number of para-hydroxylation sites is 1. The molecule has 84 valence electrons. The number of hydrogen-bond acceptors (Lipinski definition) is 1. The zero-order valence-electron chi connectivity index (χ0n) is 9.06. The average molecular weight is 288 g/mol. The first-order valence-corrected chi connectivity index (χ1v) is 6.21. The third kappa shape index (κ3) is 1.76. The first kappa shape index (κ1) is 10.5. The summed E-state index contributed by atoms with van der Waals surface area (Å²) in [4.78, 5) is 13.8. The van der Waals surface area contributed by atoms with Gasteiger partial charge in [-0.25, -0.2) is 0 Å². The summed E-state index contributed by atoms with van der Waals surface area (Å²) in [5, 5.41) is 0. The highest BCUT2D eigenvalue weighted by Gasteiger charge is 2.28. The number of nitrogens with zero attached hydrogens (tertiary/aromatic N) is 1. The number of amides is 1. The van der Waals surface area contributed by atoms with E-state index in [4.69, 9.17) is 0 Å². The SMILES string of the molecule is O=C1Cc2cc(Br)ccc2N1c1ccccc1. The summed E-state index contributed by atoms with van der Waals surface area (Å²) in [6.45, 7) is 0. The summed E-state index contributed by atoms with van der Waals surface area (Å²) >= 11 is 3.43. The summed E-state index contributed by atoms with van der Waals surface area (Å²) in [6, 6.07) is 15.7. The minimum Gasteiger partial charge on any atom is -0.280 e. The zero-order chi connectivity index (χ0) is 11.8. The van der Waals surface area contributed by atoms with Gasteiger partial charge in [-0.1, -0.05) is 34.1 Å². The van der Waals surface area contributed by atoms with Crippen LogP contribution in [-0.4, -0.2) is 5.91 Å². The molecule has 0 bridgehead atoms. The molecule has 1 aliphatic heterocycles. The third-order valence-electron chi connectivity index (χ3n) is 2.89. The Morgan fingerprint density at radius 3 is 2.59 bits per heavy atom. The molecule has 0 fully saturated rings. The number of rotatable bonds is 1. The van der Waals surface area contributed by atoms with Crippen molar-refractivity contribution in [2.75, 3.05) is 4.90 Å². The fraction of sp³-hybridized carbons (Fsp3) is 0.0714. The number of carbonyl (C=O) groups is 1. The molecule has 2 aromatic carbocycles. The van der Waals surface area contributed by atoms with Gasteiger partial charge >= 0.3 is 0 Å². The highest BCUT2D eigenvalue weighted by molar-refractivity contribution is 9.10. The molecule has 0 aliphatic carbocycles. The molecular formula is C14H10BrNO. The van der Waals surface area contributed by atoms with Crippen LogP contribution in [0.4, 0.5) is 11.4 Å². The maximum atomic E-state index is 12.1. The van der Waals surface area contributed by atoms with E-state index in [0.717, 1.165) is 21.4 Å². The van der Waals surface area contributed by atoms with Crippen molar-refractivity contribution < 1.29 is 4.79 Å². The van der Waals surface area contributed by atoms with Gasteiger partial charge in [-0.05, 0) is 35.9 Å². The van der Waals surface area contributed by atoms with Crippen molar-refractivity contribution in [1.82, 2.24) is 0 Å². The molecule has 0 spiro atoms. The minimum absolute atomic E-state index is 0.129. The number of carbonyl (C=O) groups excluding carboxylic acids is 1. The summed E-state index contributed by atoms with van der Waals surface area (Å²) in [5.74, 6) is 0.129. The van der Waals surface area contributed by atoms with Crippen LogP contribution in [0.15, 0.2) is 53.0 Å². The summed E-state index contributed by atoms with van der Waals surface area (Å²) in [5.41, 5.74) is 3.00. The van der Waals surface area contributed by atoms with Crippen LogP contribution in [0.2, 0.25) is 0 Å². The molecular weight excluding hydrogens is 278 g/mol. The van der Waals surface area contributed by atoms with Crippen LogP contribution in [0.25, 0.3) is 0 Å². The van der Waals surface area contributed by atoms with Crippen LogP contribution >= 0.6 is 15.9 Å². The number of halogens is 1. The van der Waals surface area contributed by atoms with Crippen molar-refractivity contribution in [3.05, 3.63) is 58.6 Å². The Morgan fingerprint density at radius 2 is 1.82 bits per heavy atom. The lowest BCUT2D eigenvalue weighted by molar-refractivity contribution is -0.116. The summed E-state index contributed by atoms with van der Waals surface area (Å²) < 4.78 is 1.01. The lowest BCUT2D eigenvalue weighted by atomic mass is 10.2. The van der Waals surface area contributed by atoms with E-state index in [1.807, 2.05) is 48.5 Å². The van der Waals surface area contributed by atoms with E-state index in [1.54, 1.807) is 4.90 Å². The van der Waals surface area contributed by atoms with Gasteiger partial charge in [0.1, 0.15) is 0 Å². The number of hydrogen-bond donors (Lipinski definition) is 0. The highest BCUT2D eigenvalue weighted by atomic mass is 79.9. The van der Waals surface area contributed by atoms with Gasteiger partial charge in [0, 0.05) is 10.2 Å². The standard InChI is InChI=1S/C14H10BrNO/c15-11-6-7-13-10(8-11)9-14(17)16(13)12-4-2-1-3-5-12/h1-8H,9H2. The maximum Gasteiger partial charge on any atom is 0.236 e. The molecule has 3 rings (SSSR count). The molecule has 0 saturated carbocycles. The second-order valence-electron chi connectivity index (χ2n) is 4.01. The Kier molecular flexibility index (Phi) is 2.48. The smallest absolute Gasteiger partial charge is 0.236 e. The fourth-order valence-electron chi connectivity index (χ4n) is 2.15. The van der Waals surface area contributed by atoms with Gasteiger partial charge in [-0.3, -0.25) is 9.69 Å². The molecule has 1 amide bonds. The minimum atomic E-state index is 0.129. The Labute approximate surface area is 108 Å². The van der Waals surface area contributed by atoms with Gasteiger partial charge < -0.3 is 0 Å². The van der Waals surface area contributed by atoms with Gasteiger partial charge in [0.15, 0.2) is 0 Å². The Hall–Kier alpha value is -1.61. The van der Waals surface area contributed by atoms with Gasteiger partial charge in [0.2, 0.25) is 5.91 Å². The lowest BCUT2D eigenvalue weighted by Gasteiger charge is -2.17. The first-order chi connectivity index (χ1) is 8.25. The molecule has 0 radical (unpaired) electrons. The highest BCUT2D eigenvalue weighted by Crippen LogP contribution is 2.36. The molecule has 3 heteroatoms. The van der Waals surface area contributed by atoms with Gasteiger partial charge in [-0.2, -0.15) is 0 Å². The van der Waals surface area contributed by atoms with Crippen molar-refractivity contribution >= 4 is 33.2 Å². The van der Waals surface area contributed by atoms with E-state index in [2.05, 4.69) is 15.9 Å². The second kappa shape index (κ2) is 4.00. The Bertz CT molecular complexity index is 580. The van der Waals surface area contributed by atoms with Crippen LogP contribution in [0.1, 0.15) is 5.56 Å². The lowest BCUT2D eigenvalue weighted by Crippen LogP contribution is -2.20. The van der Waals surface area contributed by atoms with Gasteiger partial charge in [0.25, 0.3) is 0 Å². The fourth-order valence-corrected chi connectivity index (χ4v) is 2.56. The van der Waals surface area contributed by atoms with E-state index in [-0.39, 0.29) is 5.91 Å². The number of anilines is 2. The molecule has 2 aromatic rings. The van der Waals surface area contributed by atoms with E-state index in [1.165, 1.54) is 0 Å². The molecule has 2 nitrogen and oxygen atoms in total. The quantitative estimate of drug-likeness (QED) is 0.784. The molecule has 0 N–H and O–H groups in total. The van der Waals surface area contributed by atoms with Crippen molar-refractivity contribution in [1.29, 1.82) is 0 Å². The molecule has 0 aromatic heterocycles. The maximum absolute atomic E-state index is 12.1. The van der Waals surface area contributed by atoms with Crippen molar-refractivity contribution in [2.45, 2.75) is 6.42 Å². The zero-order valence-corrected chi connectivity index (χ0v) is 10.6. The molecule has 0 atom stereocenters. The van der Waals surface area contributed by atoms with Crippen LogP contribution in [0.3, 0.4) is 0 Å². The predicted molar refractivity (Wildman–Crippen MR) is 71.4 cm³/mol. The molecule has 1 aliphatic rings. The van der Waals surface area contributed by atoms with E-state index in [0.29, 0.717) is 6.42 Å². The number of fused-ring (bicyclic) bond motifs is 1. The van der Waals surface area contributed by atoms with Crippen LogP contribution in [-0.2, 0) is 11.2 Å². The second-order valence-corrected chi connectivity index (χ2v) is 4.93. The topological polar surface area (TPSA) is 20.3 Å². The van der Waals surface area contributed by atoms with Crippen molar-refractivity contribution in [3.8, 4) is 0 Å². The largest absolute Gasteiger partial charge is 0.280 e. The average Bonchev–Trinajstić information content (AvgIpc) is 2.65. The van der Waals surface area contributed by atoms with E-state index < -0.39 is 0 Å². The van der Waals surface area contributed by atoms with Crippen molar-refractivity contribution in [3.63, 3.8) is 0 Å². The monoisotopic (exact) mass is 287 g/mol. The molecule has 0 saturated heterocycles. The first-order valence-electron chi connectivity index (χ1n) is 5.42. The predicted octanol–water partition coefficient (Wildman–Crippen LogP) is 3.67. The van der Waals surface area contributed by atoms with E-state index in [9.17, 15) is 4.79 Å². The van der Waals surface area contributed by atoms with E-state index >= 15 is 0 Å². The Morgan fingerprint density at radius 1 is 1.06 bits per heavy atom.